The molecule has 1 rings (SSSR count). The molecule has 1 aliphatic rings. The third kappa shape index (κ3) is 5.91. The van der Waals surface area contributed by atoms with Gasteiger partial charge in [0.1, 0.15) is 0 Å². The lowest BCUT2D eigenvalue weighted by atomic mass is 9.87. The van der Waals surface area contributed by atoms with E-state index in [1.54, 1.807) is 0 Å². The second-order valence-electron chi connectivity index (χ2n) is 6.49. The molecule has 0 spiro atoms. The minimum absolute atomic E-state index is 0.0473. The van der Waals surface area contributed by atoms with E-state index in [1.807, 2.05) is 0 Å². The number of carbonyl (C=O) groups is 1. The normalized spacial score (nSPS) is 21.4. The van der Waals surface area contributed by atoms with Crippen LogP contribution in [0.4, 0.5) is 0 Å². The molecule has 112 valence electrons. The Hall–Kier alpha value is -0.610. The van der Waals surface area contributed by atoms with E-state index in [0.717, 1.165) is 39.0 Å². The molecule has 4 nitrogen and oxygen atoms in total. The molecule has 0 amide bonds. The van der Waals surface area contributed by atoms with Gasteiger partial charge in [0.15, 0.2) is 0 Å². The molecule has 1 heterocycles. The average molecular weight is 270 g/mol. The average Bonchev–Trinajstić information content (AvgIpc) is 2.43. The molecule has 0 aromatic rings. The topological polar surface area (TPSA) is 55.6 Å². The van der Waals surface area contributed by atoms with Gasteiger partial charge in [0, 0.05) is 6.54 Å². The maximum Gasteiger partial charge on any atom is 0.309 e. The van der Waals surface area contributed by atoms with E-state index in [1.165, 1.54) is 26.4 Å². The van der Waals surface area contributed by atoms with Crippen LogP contribution in [0.3, 0.4) is 0 Å². The van der Waals surface area contributed by atoms with Gasteiger partial charge in [0.05, 0.1) is 13.0 Å². The number of methoxy groups -OCH3 is 1. The number of hydrogen-bond acceptors (Lipinski definition) is 4. The fourth-order valence-corrected chi connectivity index (χ4v) is 2.66. The van der Waals surface area contributed by atoms with E-state index in [0.29, 0.717) is 0 Å². The first-order valence-corrected chi connectivity index (χ1v) is 7.49. The number of carbonyl (C=O) groups excluding carboxylic acids is 1. The van der Waals surface area contributed by atoms with Gasteiger partial charge in [-0.1, -0.05) is 20.3 Å². The zero-order valence-electron chi connectivity index (χ0n) is 12.8. The summed E-state index contributed by atoms with van der Waals surface area (Å²) >= 11 is 0. The number of piperidine rings is 1. The number of rotatable bonds is 7. The lowest BCUT2D eigenvalue weighted by Crippen LogP contribution is -2.39. The highest BCUT2D eigenvalue weighted by molar-refractivity contribution is 5.72. The zero-order valence-corrected chi connectivity index (χ0v) is 12.8. The van der Waals surface area contributed by atoms with Crippen molar-refractivity contribution >= 4 is 5.97 Å². The molecule has 1 aliphatic heterocycles. The number of hydrogen-bond donors (Lipinski definition) is 1. The molecular weight excluding hydrogens is 240 g/mol. The van der Waals surface area contributed by atoms with Crippen molar-refractivity contribution in [2.75, 3.05) is 33.3 Å². The van der Waals surface area contributed by atoms with Crippen LogP contribution in [-0.2, 0) is 9.53 Å². The van der Waals surface area contributed by atoms with Crippen LogP contribution in [0.25, 0.3) is 0 Å². The van der Waals surface area contributed by atoms with Gasteiger partial charge in [0.2, 0.25) is 0 Å². The van der Waals surface area contributed by atoms with Gasteiger partial charge < -0.3 is 15.4 Å². The summed E-state index contributed by atoms with van der Waals surface area (Å²) in [6, 6.07) is 0. The molecule has 0 aliphatic carbocycles. The maximum absolute atomic E-state index is 11.5. The Morgan fingerprint density at radius 1 is 1.42 bits per heavy atom. The van der Waals surface area contributed by atoms with E-state index in [4.69, 9.17) is 10.5 Å². The maximum atomic E-state index is 11.5. The zero-order chi connectivity index (χ0) is 14.3. The lowest BCUT2D eigenvalue weighted by Gasteiger charge is -2.31. The second-order valence-corrected chi connectivity index (χ2v) is 6.49. The van der Waals surface area contributed by atoms with Crippen molar-refractivity contribution in [3.05, 3.63) is 0 Å². The Bertz CT molecular complexity index is 279. The van der Waals surface area contributed by atoms with Gasteiger partial charge >= 0.3 is 5.97 Å². The Morgan fingerprint density at radius 3 is 2.79 bits per heavy atom. The van der Waals surface area contributed by atoms with Crippen molar-refractivity contribution in [3.63, 3.8) is 0 Å². The van der Waals surface area contributed by atoms with E-state index < -0.39 is 0 Å². The number of nitrogens with zero attached hydrogens (tertiary/aromatic N) is 1. The van der Waals surface area contributed by atoms with Crippen LogP contribution < -0.4 is 5.73 Å². The fraction of sp³-hybridized carbons (Fsp3) is 0.933. The Labute approximate surface area is 117 Å². The van der Waals surface area contributed by atoms with Crippen molar-refractivity contribution in [3.8, 4) is 0 Å². The predicted octanol–water partition coefficient (Wildman–Crippen LogP) is 2.03. The SMILES string of the molecule is COC(=O)C1CCCN(CCCCC(C)(C)CN)C1. The molecule has 0 radical (unpaired) electrons. The van der Waals surface area contributed by atoms with Crippen LogP contribution in [0.5, 0.6) is 0 Å². The standard InChI is InChI=1S/C15H30N2O2/c1-15(2,12-16)8-4-5-9-17-10-6-7-13(11-17)14(18)19-3/h13H,4-12,16H2,1-3H3. The lowest BCUT2D eigenvalue weighted by molar-refractivity contribution is -0.147. The minimum atomic E-state index is -0.0473. The van der Waals surface area contributed by atoms with Crippen molar-refractivity contribution in [2.45, 2.75) is 46.0 Å². The van der Waals surface area contributed by atoms with Gasteiger partial charge in [-0.3, -0.25) is 4.79 Å². The summed E-state index contributed by atoms with van der Waals surface area (Å²) in [6.07, 6.45) is 5.66. The summed E-state index contributed by atoms with van der Waals surface area (Å²) < 4.78 is 4.84. The summed E-state index contributed by atoms with van der Waals surface area (Å²) in [5.74, 6) is 0.0354. The smallest absolute Gasteiger partial charge is 0.309 e. The van der Waals surface area contributed by atoms with Gasteiger partial charge in [0.25, 0.3) is 0 Å². The van der Waals surface area contributed by atoms with Crippen molar-refractivity contribution in [1.29, 1.82) is 0 Å². The van der Waals surface area contributed by atoms with Crippen molar-refractivity contribution in [2.24, 2.45) is 17.1 Å². The molecule has 2 N–H and O–H groups in total. The summed E-state index contributed by atoms with van der Waals surface area (Å²) in [4.78, 5) is 14.0. The molecule has 1 atom stereocenters. The molecule has 0 aromatic heterocycles. The molecule has 4 heteroatoms. The third-order valence-electron chi connectivity index (χ3n) is 4.17. The molecule has 0 aromatic carbocycles. The van der Waals surface area contributed by atoms with Crippen molar-refractivity contribution < 1.29 is 9.53 Å². The Morgan fingerprint density at radius 2 is 2.16 bits per heavy atom. The van der Waals surface area contributed by atoms with E-state index >= 15 is 0 Å². The molecule has 0 bridgehead atoms. The largest absolute Gasteiger partial charge is 0.469 e. The van der Waals surface area contributed by atoms with E-state index in [9.17, 15) is 4.79 Å². The van der Waals surface area contributed by atoms with Gasteiger partial charge in [-0.05, 0) is 50.7 Å². The monoisotopic (exact) mass is 270 g/mol. The van der Waals surface area contributed by atoms with Crippen LogP contribution in [0, 0.1) is 11.3 Å². The van der Waals surface area contributed by atoms with Gasteiger partial charge in [-0.2, -0.15) is 0 Å². The molecule has 1 saturated heterocycles. The molecule has 19 heavy (non-hydrogen) atoms. The van der Waals surface area contributed by atoms with Crippen LogP contribution in [-0.4, -0.2) is 44.2 Å². The van der Waals surface area contributed by atoms with Crippen LogP contribution >= 0.6 is 0 Å². The highest BCUT2D eigenvalue weighted by Gasteiger charge is 2.26. The van der Waals surface area contributed by atoms with Crippen LogP contribution in [0.2, 0.25) is 0 Å². The first-order valence-electron chi connectivity index (χ1n) is 7.49. The van der Waals surface area contributed by atoms with Gasteiger partial charge in [-0.25, -0.2) is 0 Å². The summed E-state index contributed by atoms with van der Waals surface area (Å²) in [5.41, 5.74) is 6.00. The molecular formula is C15H30N2O2. The first kappa shape index (κ1) is 16.4. The fourth-order valence-electron chi connectivity index (χ4n) is 2.66. The molecule has 1 unspecified atom stereocenters. The summed E-state index contributed by atoms with van der Waals surface area (Å²) in [6.45, 7) is 8.28. The van der Waals surface area contributed by atoms with Crippen LogP contribution in [0.15, 0.2) is 0 Å². The Balaban J connectivity index is 2.21. The summed E-state index contributed by atoms with van der Waals surface area (Å²) in [5, 5.41) is 0. The first-order chi connectivity index (χ1) is 8.98. The third-order valence-corrected chi connectivity index (χ3v) is 4.17. The number of likely N-dealkylation sites (tertiary alicyclic amines) is 1. The summed E-state index contributed by atoms with van der Waals surface area (Å²) in [7, 11) is 1.48. The molecule has 0 saturated carbocycles. The second kappa shape index (κ2) is 7.85. The van der Waals surface area contributed by atoms with Gasteiger partial charge in [-0.15, -0.1) is 0 Å². The highest BCUT2D eigenvalue weighted by atomic mass is 16.5. The highest BCUT2D eigenvalue weighted by Crippen LogP contribution is 2.22. The van der Waals surface area contributed by atoms with E-state index in [2.05, 4.69) is 18.7 Å². The number of esters is 1. The number of unbranched alkanes of at least 4 members (excludes halogenated alkanes) is 1. The Kier molecular flexibility index (Phi) is 6.80. The predicted molar refractivity (Wildman–Crippen MR) is 77.9 cm³/mol. The number of nitrogens with two attached hydrogens (primary N) is 1. The van der Waals surface area contributed by atoms with Crippen LogP contribution in [0.1, 0.15) is 46.0 Å². The minimum Gasteiger partial charge on any atom is -0.469 e. The quantitative estimate of drug-likeness (QED) is 0.568. The molecule has 1 fully saturated rings. The number of ether oxygens (including phenoxy) is 1. The van der Waals surface area contributed by atoms with Crippen molar-refractivity contribution in [1.82, 2.24) is 4.90 Å². The van der Waals surface area contributed by atoms with E-state index in [-0.39, 0.29) is 17.3 Å².